The molecule has 0 atom stereocenters. The van der Waals surface area contributed by atoms with Crippen molar-refractivity contribution in [2.24, 2.45) is 0 Å². The summed E-state index contributed by atoms with van der Waals surface area (Å²) in [5.41, 5.74) is 1.59. The number of halogens is 1. The molecule has 0 saturated carbocycles. The molecule has 1 N–H and O–H groups in total. The first-order valence-electron chi connectivity index (χ1n) is 5.15. The number of sulfone groups is 1. The molecule has 5 heteroatoms. The Hall–Kier alpha value is -0.940. The highest BCUT2D eigenvalue weighted by Crippen LogP contribution is 2.13. The van der Waals surface area contributed by atoms with Crippen LogP contribution in [0, 0.1) is 12.7 Å². The minimum atomic E-state index is -2.81. The Morgan fingerprint density at radius 1 is 1.44 bits per heavy atom. The molecule has 0 spiro atoms. The van der Waals surface area contributed by atoms with Crippen molar-refractivity contribution < 1.29 is 12.8 Å². The van der Waals surface area contributed by atoms with Crippen molar-refractivity contribution in [1.29, 1.82) is 0 Å². The molecule has 1 heterocycles. The SMILES string of the molecule is Cc1ccc(F)c(CNC2CS(=O)(=O)C2)c1. The standard InChI is InChI=1S/C11H14FNO2S/c1-8-2-3-11(12)9(4-8)5-13-10-6-16(14,15)7-10/h2-4,10,13H,5-7H2,1H3. The normalized spacial score (nSPS) is 19.4. The monoisotopic (exact) mass is 243 g/mol. The fourth-order valence-electron chi connectivity index (χ4n) is 1.78. The first-order chi connectivity index (χ1) is 7.46. The highest BCUT2D eigenvalue weighted by molar-refractivity contribution is 7.92. The fourth-order valence-corrected chi connectivity index (χ4v) is 3.14. The summed E-state index contributed by atoms with van der Waals surface area (Å²) in [6, 6.07) is 4.90. The lowest BCUT2D eigenvalue weighted by atomic mass is 10.1. The van der Waals surface area contributed by atoms with Crippen LogP contribution in [0.1, 0.15) is 11.1 Å². The number of nitrogens with one attached hydrogen (secondary N) is 1. The fraction of sp³-hybridized carbons (Fsp3) is 0.455. The molecule has 0 radical (unpaired) electrons. The highest BCUT2D eigenvalue weighted by Gasteiger charge is 2.32. The van der Waals surface area contributed by atoms with E-state index in [1.54, 1.807) is 12.1 Å². The third-order valence-electron chi connectivity index (χ3n) is 2.69. The predicted octanol–water partition coefficient (Wildman–Crippen LogP) is 1.02. The molecular weight excluding hydrogens is 229 g/mol. The molecular formula is C11H14FNO2S. The van der Waals surface area contributed by atoms with Gasteiger partial charge < -0.3 is 5.32 Å². The maximum absolute atomic E-state index is 13.3. The summed E-state index contributed by atoms with van der Waals surface area (Å²) in [6.07, 6.45) is 0. The summed E-state index contributed by atoms with van der Waals surface area (Å²) in [6.45, 7) is 2.28. The molecule has 1 aromatic carbocycles. The molecule has 0 amide bonds. The molecule has 1 aliphatic heterocycles. The number of hydrogen-bond acceptors (Lipinski definition) is 3. The number of hydrogen-bond donors (Lipinski definition) is 1. The summed E-state index contributed by atoms with van der Waals surface area (Å²) < 4.78 is 35.2. The summed E-state index contributed by atoms with van der Waals surface area (Å²) in [5, 5.41) is 3.04. The van der Waals surface area contributed by atoms with Crippen molar-refractivity contribution >= 4 is 9.84 Å². The van der Waals surface area contributed by atoms with Crippen LogP contribution in [0.15, 0.2) is 18.2 Å². The van der Waals surface area contributed by atoms with Gasteiger partial charge in [-0.15, -0.1) is 0 Å². The Morgan fingerprint density at radius 3 is 2.75 bits per heavy atom. The molecule has 88 valence electrons. The quantitative estimate of drug-likeness (QED) is 0.862. The summed E-state index contributed by atoms with van der Waals surface area (Å²) in [4.78, 5) is 0. The third kappa shape index (κ3) is 2.59. The van der Waals surface area contributed by atoms with Crippen molar-refractivity contribution in [1.82, 2.24) is 5.32 Å². The van der Waals surface area contributed by atoms with Crippen LogP contribution in [0.5, 0.6) is 0 Å². The van der Waals surface area contributed by atoms with Crippen LogP contribution in [0.25, 0.3) is 0 Å². The zero-order chi connectivity index (χ0) is 11.8. The van der Waals surface area contributed by atoms with Crippen molar-refractivity contribution in [2.75, 3.05) is 11.5 Å². The van der Waals surface area contributed by atoms with E-state index in [1.807, 2.05) is 6.92 Å². The van der Waals surface area contributed by atoms with E-state index in [9.17, 15) is 12.8 Å². The lowest BCUT2D eigenvalue weighted by Crippen LogP contribution is -2.50. The lowest BCUT2D eigenvalue weighted by Gasteiger charge is -2.26. The van der Waals surface area contributed by atoms with Crippen LogP contribution in [-0.4, -0.2) is 26.0 Å². The van der Waals surface area contributed by atoms with E-state index < -0.39 is 9.84 Å². The Morgan fingerprint density at radius 2 is 2.12 bits per heavy atom. The van der Waals surface area contributed by atoms with Gasteiger partial charge in [0.25, 0.3) is 0 Å². The molecule has 2 rings (SSSR count). The molecule has 1 fully saturated rings. The van der Waals surface area contributed by atoms with Crippen molar-refractivity contribution in [2.45, 2.75) is 19.5 Å². The van der Waals surface area contributed by atoms with Crippen molar-refractivity contribution in [3.63, 3.8) is 0 Å². The van der Waals surface area contributed by atoms with Gasteiger partial charge >= 0.3 is 0 Å². The van der Waals surface area contributed by atoms with Gasteiger partial charge in [-0.3, -0.25) is 0 Å². The maximum Gasteiger partial charge on any atom is 0.153 e. The van der Waals surface area contributed by atoms with E-state index in [2.05, 4.69) is 5.32 Å². The second-order valence-electron chi connectivity index (χ2n) is 4.25. The van der Waals surface area contributed by atoms with Crippen LogP contribution in [0.3, 0.4) is 0 Å². The molecule has 1 saturated heterocycles. The molecule has 3 nitrogen and oxygen atoms in total. The predicted molar refractivity (Wildman–Crippen MR) is 60.4 cm³/mol. The molecule has 0 bridgehead atoms. The molecule has 1 aliphatic rings. The highest BCUT2D eigenvalue weighted by atomic mass is 32.2. The molecule has 0 aliphatic carbocycles. The minimum absolute atomic E-state index is 0.0232. The lowest BCUT2D eigenvalue weighted by molar-refractivity contribution is 0.503. The van der Waals surface area contributed by atoms with Crippen LogP contribution in [0.4, 0.5) is 4.39 Å². The second kappa shape index (κ2) is 4.14. The zero-order valence-corrected chi connectivity index (χ0v) is 9.85. The van der Waals surface area contributed by atoms with Crippen LogP contribution < -0.4 is 5.32 Å². The van der Waals surface area contributed by atoms with Gasteiger partial charge in [-0.25, -0.2) is 12.8 Å². The van der Waals surface area contributed by atoms with Gasteiger partial charge in [0.2, 0.25) is 0 Å². The topological polar surface area (TPSA) is 46.2 Å². The largest absolute Gasteiger partial charge is 0.308 e. The van der Waals surface area contributed by atoms with E-state index >= 15 is 0 Å². The molecule has 16 heavy (non-hydrogen) atoms. The van der Waals surface area contributed by atoms with Gasteiger partial charge in [0.15, 0.2) is 9.84 Å². The summed E-state index contributed by atoms with van der Waals surface area (Å²) in [5.74, 6) is 0.0845. The van der Waals surface area contributed by atoms with Crippen molar-refractivity contribution in [3.05, 3.63) is 35.1 Å². The van der Waals surface area contributed by atoms with E-state index in [0.29, 0.717) is 12.1 Å². The second-order valence-corrected chi connectivity index (χ2v) is 6.40. The van der Waals surface area contributed by atoms with E-state index in [4.69, 9.17) is 0 Å². The van der Waals surface area contributed by atoms with E-state index in [0.717, 1.165) is 5.56 Å². The first-order valence-corrected chi connectivity index (χ1v) is 6.97. The van der Waals surface area contributed by atoms with Gasteiger partial charge in [-0.1, -0.05) is 17.7 Å². The Bertz CT molecular complexity index is 487. The molecule has 1 aromatic rings. The Balaban J connectivity index is 1.93. The molecule has 0 aromatic heterocycles. The number of benzene rings is 1. The molecule has 0 unspecified atom stereocenters. The smallest absolute Gasteiger partial charge is 0.153 e. The zero-order valence-electron chi connectivity index (χ0n) is 9.03. The average Bonchev–Trinajstić information content (AvgIpc) is 2.16. The van der Waals surface area contributed by atoms with Crippen LogP contribution in [0.2, 0.25) is 0 Å². The summed E-state index contributed by atoms with van der Waals surface area (Å²) >= 11 is 0. The van der Waals surface area contributed by atoms with Gasteiger partial charge in [0.05, 0.1) is 11.5 Å². The Labute approximate surface area is 94.6 Å². The number of aryl methyl sites for hydroxylation is 1. The Kier molecular flexibility index (Phi) is 2.99. The van der Waals surface area contributed by atoms with Gasteiger partial charge in [-0.05, 0) is 13.0 Å². The van der Waals surface area contributed by atoms with E-state index in [-0.39, 0.29) is 23.4 Å². The first kappa shape index (κ1) is 11.5. The van der Waals surface area contributed by atoms with Crippen molar-refractivity contribution in [3.8, 4) is 0 Å². The van der Waals surface area contributed by atoms with Gasteiger partial charge in [0.1, 0.15) is 5.82 Å². The van der Waals surface area contributed by atoms with Crippen LogP contribution >= 0.6 is 0 Å². The van der Waals surface area contributed by atoms with E-state index in [1.165, 1.54) is 6.07 Å². The van der Waals surface area contributed by atoms with Gasteiger partial charge in [-0.2, -0.15) is 0 Å². The third-order valence-corrected chi connectivity index (χ3v) is 4.51. The number of rotatable bonds is 3. The van der Waals surface area contributed by atoms with Gasteiger partial charge in [0, 0.05) is 18.2 Å². The minimum Gasteiger partial charge on any atom is -0.308 e. The van der Waals surface area contributed by atoms with Crippen LogP contribution in [-0.2, 0) is 16.4 Å². The maximum atomic E-state index is 13.3. The summed E-state index contributed by atoms with van der Waals surface area (Å²) in [7, 11) is -2.81. The average molecular weight is 243 g/mol.